The molecule has 0 aliphatic carbocycles. The molecule has 3 aromatic rings. The topological polar surface area (TPSA) is 106 Å². The number of hydrogen-bond acceptors (Lipinski definition) is 9. The number of nitrogens with zero attached hydrogens (tertiary/aromatic N) is 6. The van der Waals surface area contributed by atoms with Crippen LogP contribution < -0.4 is 14.5 Å². The van der Waals surface area contributed by atoms with Gasteiger partial charge >= 0.3 is 6.01 Å². The average molecular weight is 646 g/mol. The van der Waals surface area contributed by atoms with Gasteiger partial charge in [0.1, 0.15) is 17.4 Å². The molecule has 10 nitrogen and oxygen atoms in total. The smallest absolute Gasteiger partial charge is 0.325 e. The molecule has 0 spiro atoms. The van der Waals surface area contributed by atoms with Gasteiger partial charge in [-0.05, 0) is 62.4 Å². The van der Waals surface area contributed by atoms with Crippen molar-refractivity contribution in [2.75, 3.05) is 61.9 Å². The fraction of sp³-hybridized carbons (Fsp3) is 0.441. The van der Waals surface area contributed by atoms with Crippen molar-refractivity contribution in [3.8, 4) is 11.8 Å². The molecule has 0 saturated carbocycles. The Bertz CT molecular complexity index is 1820. The SMILES string of the molecule is C=C(F)C(=O)N1CCN(c2nc(Oc3cccc4c3CCN(C)C4)nc3c2CCN3C(C)c2cccc3c2S(=N)(=O)CCC3)CC1. The Morgan fingerprint density at radius 1 is 0.978 bits per heavy atom. The number of aryl methyl sites for hydroxylation is 1. The highest BCUT2D eigenvalue weighted by Gasteiger charge is 2.36. The monoisotopic (exact) mass is 645 g/mol. The molecule has 2 aromatic carbocycles. The van der Waals surface area contributed by atoms with Crippen LogP contribution in [0.2, 0.25) is 0 Å². The van der Waals surface area contributed by atoms with E-state index in [2.05, 4.69) is 41.3 Å². The number of carbonyl (C=O) groups excluding carboxylic acids is 1. The Morgan fingerprint density at radius 2 is 1.70 bits per heavy atom. The highest BCUT2D eigenvalue weighted by atomic mass is 32.2. The van der Waals surface area contributed by atoms with Crippen molar-refractivity contribution in [2.24, 2.45) is 0 Å². The van der Waals surface area contributed by atoms with Crippen molar-refractivity contribution < 1.29 is 18.1 Å². The third-order valence-electron chi connectivity index (χ3n) is 9.78. The van der Waals surface area contributed by atoms with Crippen molar-refractivity contribution in [3.05, 3.63) is 76.6 Å². The van der Waals surface area contributed by atoms with Crippen molar-refractivity contribution in [1.82, 2.24) is 19.8 Å². The summed E-state index contributed by atoms with van der Waals surface area (Å²) >= 11 is 0. The standard InChI is InChI=1S/C34H40FN7O3S/c1-22(35)33(43)41-18-16-40(17-19-41)31-28-13-15-42(23(2)26-10-4-7-24-9-6-20-46(36,44)30(24)26)32(28)38-34(37-31)45-29-11-5-8-25-21-39(3)14-12-27(25)29/h4-5,7-8,10-11,23,36H,1,6,9,12-21H2,2-3H3. The van der Waals surface area contributed by atoms with Crippen LogP contribution in [0.15, 0.2) is 53.7 Å². The van der Waals surface area contributed by atoms with E-state index in [0.717, 1.165) is 72.0 Å². The molecular formula is C34H40FN7O3S. The van der Waals surface area contributed by atoms with Gasteiger partial charge in [-0.2, -0.15) is 9.97 Å². The maximum absolute atomic E-state index is 13.6. The minimum Gasteiger partial charge on any atom is -0.424 e. The number of aromatic nitrogens is 2. The van der Waals surface area contributed by atoms with E-state index in [1.54, 1.807) is 0 Å². The van der Waals surface area contributed by atoms with Gasteiger partial charge in [0.15, 0.2) is 5.83 Å². The first-order valence-corrected chi connectivity index (χ1v) is 17.7. The largest absolute Gasteiger partial charge is 0.424 e. The summed E-state index contributed by atoms with van der Waals surface area (Å²) in [7, 11) is -0.778. The molecule has 4 aliphatic rings. The van der Waals surface area contributed by atoms with E-state index in [1.807, 2.05) is 30.3 Å². The summed E-state index contributed by atoms with van der Waals surface area (Å²) in [6, 6.07) is 12.2. The number of amides is 1. The molecular weight excluding hydrogens is 605 g/mol. The first-order valence-electron chi connectivity index (χ1n) is 16.0. The number of likely N-dealkylation sites (N-methyl/N-ethyl adjacent to an activating group) is 1. The van der Waals surface area contributed by atoms with Gasteiger partial charge in [-0.15, -0.1) is 0 Å². The Hall–Kier alpha value is -4.03. The lowest BCUT2D eigenvalue weighted by atomic mass is 9.99. The molecule has 4 aliphatic heterocycles. The molecule has 1 N–H and O–H groups in total. The van der Waals surface area contributed by atoms with Crippen molar-refractivity contribution in [3.63, 3.8) is 0 Å². The van der Waals surface area contributed by atoms with Crippen LogP contribution in [-0.2, 0) is 40.3 Å². The quantitative estimate of drug-likeness (QED) is 0.379. The predicted molar refractivity (Wildman–Crippen MR) is 176 cm³/mol. The van der Waals surface area contributed by atoms with Crippen molar-refractivity contribution >= 4 is 27.3 Å². The average Bonchev–Trinajstić information content (AvgIpc) is 3.47. The normalized spacial score (nSPS) is 21.8. The third kappa shape index (κ3) is 5.51. The fourth-order valence-corrected chi connectivity index (χ4v) is 9.36. The summed E-state index contributed by atoms with van der Waals surface area (Å²) < 4.78 is 42.4. The van der Waals surface area contributed by atoms with Crippen molar-refractivity contribution in [1.29, 1.82) is 4.78 Å². The number of benzene rings is 2. The lowest BCUT2D eigenvalue weighted by Gasteiger charge is -2.36. The summed E-state index contributed by atoms with van der Waals surface area (Å²) in [6.45, 7) is 9.41. The zero-order valence-electron chi connectivity index (χ0n) is 26.4. The van der Waals surface area contributed by atoms with Gasteiger partial charge in [0.25, 0.3) is 5.91 Å². The van der Waals surface area contributed by atoms with Gasteiger partial charge in [-0.25, -0.2) is 13.4 Å². The number of rotatable bonds is 6. The van der Waals surface area contributed by atoms with E-state index >= 15 is 0 Å². The van der Waals surface area contributed by atoms with Crippen LogP contribution in [0.1, 0.15) is 47.2 Å². The second kappa shape index (κ2) is 12.0. The second-order valence-electron chi connectivity index (χ2n) is 12.7. The van der Waals surface area contributed by atoms with Gasteiger partial charge in [0, 0.05) is 62.7 Å². The zero-order valence-corrected chi connectivity index (χ0v) is 27.2. The summed E-state index contributed by atoms with van der Waals surface area (Å²) in [4.78, 5) is 31.1. The Morgan fingerprint density at radius 3 is 2.48 bits per heavy atom. The highest BCUT2D eigenvalue weighted by molar-refractivity contribution is 7.92. The first kappa shape index (κ1) is 30.6. The van der Waals surface area contributed by atoms with E-state index in [1.165, 1.54) is 10.5 Å². The molecule has 1 saturated heterocycles. The van der Waals surface area contributed by atoms with Crippen LogP contribution in [0.4, 0.5) is 16.0 Å². The molecule has 1 fully saturated rings. The third-order valence-corrected chi connectivity index (χ3v) is 11.8. The molecule has 1 amide bonds. The summed E-state index contributed by atoms with van der Waals surface area (Å²) in [5, 5.41) is 0. The lowest BCUT2D eigenvalue weighted by Crippen LogP contribution is -2.49. The Kier molecular flexibility index (Phi) is 7.96. The molecule has 12 heteroatoms. The molecule has 0 bridgehead atoms. The Balaban J connectivity index is 1.27. The van der Waals surface area contributed by atoms with Crippen LogP contribution in [0.5, 0.6) is 11.8 Å². The van der Waals surface area contributed by atoms with E-state index in [0.29, 0.717) is 49.8 Å². The maximum atomic E-state index is 13.6. The van der Waals surface area contributed by atoms with Crippen LogP contribution in [-0.4, -0.2) is 82.0 Å². The fourth-order valence-electron chi connectivity index (χ4n) is 7.40. The van der Waals surface area contributed by atoms with Crippen LogP contribution >= 0.6 is 0 Å². The predicted octanol–water partition coefficient (Wildman–Crippen LogP) is 4.86. The van der Waals surface area contributed by atoms with Gasteiger partial charge in [0.2, 0.25) is 0 Å². The minimum absolute atomic E-state index is 0.180. The number of carbonyl (C=O) groups is 1. The highest BCUT2D eigenvalue weighted by Crippen LogP contribution is 2.43. The number of anilines is 2. The summed E-state index contributed by atoms with van der Waals surface area (Å²) in [5.41, 5.74) is 5.29. The molecule has 0 radical (unpaired) electrons. The summed E-state index contributed by atoms with van der Waals surface area (Å²) in [5.74, 6) is 1.02. The number of fused-ring (bicyclic) bond motifs is 3. The number of ether oxygens (including phenoxy) is 1. The molecule has 2 unspecified atom stereocenters. The van der Waals surface area contributed by atoms with Crippen LogP contribution in [0, 0.1) is 4.78 Å². The van der Waals surface area contributed by atoms with E-state index in [9.17, 15) is 13.4 Å². The van der Waals surface area contributed by atoms with Crippen LogP contribution in [0.25, 0.3) is 0 Å². The number of nitrogens with one attached hydrogen (secondary N) is 1. The van der Waals surface area contributed by atoms with E-state index in [-0.39, 0.29) is 12.1 Å². The van der Waals surface area contributed by atoms with E-state index < -0.39 is 21.5 Å². The van der Waals surface area contributed by atoms with E-state index in [4.69, 9.17) is 19.5 Å². The van der Waals surface area contributed by atoms with Gasteiger partial charge in [0.05, 0.1) is 20.7 Å². The molecule has 5 heterocycles. The molecule has 1 aromatic heterocycles. The lowest BCUT2D eigenvalue weighted by molar-refractivity contribution is -0.128. The minimum atomic E-state index is -2.89. The van der Waals surface area contributed by atoms with Gasteiger partial charge < -0.3 is 24.3 Å². The molecule has 7 rings (SSSR count). The zero-order chi connectivity index (χ0) is 32.2. The molecule has 46 heavy (non-hydrogen) atoms. The van der Waals surface area contributed by atoms with Gasteiger partial charge in [-0.3, -0.25) is 4.79 Å². The van der Waals surface area contributed by atoms with Crippen molar-refractivity contribution in [2.45, 2.75) is 50.1 Å². The number of hydrogen-bond donors (Lipinski definition) is 1. The molecule has 2 atom stereocenters. The Labute approximate surface area is 269 Å². The molecule has 242 valence electrons. The number of halogens is 1. The maximum Gasteiger partial charge on any atom is 0.325 e. The second-order valence-corrected chi connectivity index (χ2v) is 14.9. The summed E-state index contributed by atoms with van der Waals surface area (Å²) in [6.07, 6.45) is 3.15. The van der Waals surface area contributed by atoms with Crippen LogP contribution in [0.3, 0.4) is 0 Å². The van der Waals surface area contributed by atoms with Gasteiger partial charge in [-0.1, -0.05) is 36.9 Å². The number of piperazine rings is 1. The first-order chi connectivity index (χ1) is 22.1.